The molecule has 34 heavy (non-hydrogen) atoms. The van der Waals surface area contributed by atoms with Crippen LogP contribution in [-0.2, 0) is 11.3 Å². The van der Waals surface area contributed by atoms with Gasteiger partial charge in [0.15, 0.2) is 0 Å². The van der Waals surface area contributed by atoms with E-state index in [1.54, 1.807) is 26.7 Å². The number of carbonyl (C=O) groups excluding carboxylic acids is 1. The number of amides is 1. The Hall–Kier alpha value is -2.54. The van der Waals surface area contributed by atoms with Crippen molar-refractivity contribution >= 4 is 5.91 Å². The summed E-state index contributed by atoms with van der Waals surface area (Å²) < 4.78 is 10.9. The van der Waals surface area contributed by atoms with Gasteiger partial charge in [0.25, 0.3) is 0 Å². The Morgan fingerprint density at radius 2 is 1.91 bits per heavy atom. The average Bonchev–Trinajstić information content (AvgIpc) is 3.62. The first-order chi connectivity index (χ1) is 16.6. The lowest BCUT2D eigenvalue weighted by Crippen LogP contribution is -2.52. The van der Waals surface area contributed by atoms with Gasteiger partial charge < -0.3 is 19.4 Å². The van der Waals surface area contributed by atoms with Crippen LogP contribution >= 0.6 is 0 Å². The van der Waals surface area contributed by atoms with E-state index in [1.807, 2.05) is 19.1 Å². The van der Waals surface area contributed by atoms with Crippen molar-refractivity contribution in [1.29, 1.82) is 0 Å². The first kappa shape index (κ1) is 24.6. The molecule has 0 radical (unpaired) electrons. The van der Waals surface area contributed by atoms with E-state index in [1.165, 1.54) is 51.4 Å². The fraction of sp³-hybridized carbons (Fsp3) is 0.630. The van der Waals surface area contributed by atoms with E-state index in [0.29, 0.717) is 24.5 Å². The van der Waals surface area contributed by atoms with Crippen LogP contribution in [0.1, 0.15) is 62.6 Å². The van der Waals surface area contributed by atoms with Crippen LogP contribution in [0.25, 0.3) is 0 Å². The summed E-state index contributed by atoms with van der Waals surface area (Å²) >= 11 is 0. The fourth-order valence-corrected chi connectivity index (χ4v) is 5.48. The average molecular weight is 469 g/mol. The number of hydrogen-bond donors (Lipinski definition) is 1. The number of nitrogens with one attached hydrogen (secondary N) is 1. The maximum atomic E-state index is 13.3. The van der Waals surface area contributed by atoms with Crippen molar-refractivity contribution in [2.75, 3.05) is 27.3 Å². The molecular formula is C27H40N4O3. The number of aromatic amines is 1. The third-order valence-corrected chi connectivity index (χ3v) is 7.47. The Labute approximate surface area is 203 Å². The van der Waals surface area contributed by atoms with Gasteiger partial charge in [-0.2, -0.15) is 0 Å². The number of imidazole rings is 1. The molecule has 3 aliphatic rings. The van der Waals surface area contributed by atoms with E-state index in [4.69, 9.17) is 9.47 Å². The Morgan fingerprint density at radius 1 is 1.12 bits per heavy atom. The molecule has 2 heterocycles. The number of rotatable bonds is 7. The molecule has 0 spiro atoms. The van der Waals surface area contributed by atoms with Crippen molar-refractivity contribution in [2.45, 2.75) is 76.9 Å². The predicted octanol–water partition coefficient (Wildman–Crippen LogP) is 4.57. The minimum atomic E-state index is 0.330. The molecule has 186 valence electrons. The summed E-state index contributed by atoms with van der Waals surface area (Å²) in [5.41, 5.74) is 2.23. The van der Waals surface area contributed by atoms with Crippen molar-refractivity contribution in [3.63, 3.8) is 0 Å². The number of H-pyrrole nitrogens is 1. The summed E-state index contributed by atoms with van der Waals surface area (Å²) in [6.07, 6.45) is 13.4. The molecule has 2 aromatic rings. The second-order valence-corrected chi connectivity index (χ2v) is 9.89. The van der Waals surface area contributed by atoms with Gasteiger partial charge >= 0.3 is 0 Å². The molecule has 2 aliphatic carbocycles. The maximum Gasteiger partial charge on any atom is 0.237 e. The van der Waals surface area contributed by atoms with Crippen LogP contribution in [0.4, 0.5) is 0 Å². The zero-order chi connectivity index (χ0) is 23.9. The van der Waals surface area contributed by atoms with Gasteiger partial charge in [-0.1, -0.05) is 18.9 Å². The fourth-order valence-electron chi connectivity index (χ4n) is 5.48. The van der Waals surface area contributed by atoms with E-state index in [-0.39, 0.29) is 0 Å². The van der Waals surface area contributed by atoms with Gasteiger partial charge in [-0.25, -0.2) is 4.98 Å². The quantitative estimate of drug-likeness (QED) is 0.645. The molecule has 1 N–H and O–H groups in total. The molecule has 1 amide bonds. The molecule has 1 aromatic carbocycles. The van der Waals surface area contributed by atoms with E-state index in [9.17, 15) is 4.79 Å². The summed E-state index contributed by atoms with van der Waals surface area (Å²) in [5.74, 6) is 2.70. The van der Waals surface area contributed by atoms with Crippen LogP contribution in [0.15, 0.2) is 30.7 Å². The summed E-state index contributed by atoms with van der Waals surface area (Å²) in [6, 6.07) is 6.99. The molecule has 2 saturated carbocycles. The third-order valence-electron chi connectivity index (χ3n) is 7.47. The van der Waals surface area contributed by atoms with Crippen molar-refractivity contribution in [1.82, 2.24) is 19.8 Å². The SMILES string of the molecule is COc1ccc(CN(CC(=O)N2CCCC3CCCC[C@@H]32)C2CC2)c(OC)c1.Cc1cnc[nH]1. The molecule has 0 bridgehead atoms. The van der Waals surface area contributed by atoms with E-state index >= 15 is 0 Å². The van der Waals surface area contributed by atoms with Gasteiger partial charge in [-0.05, 0) is 57.4 Å². The Kier molecular flexibility index (Phi) is 8.48. The molecule has 3 fully saturated rings. The van der Waals surface area contributed by atoms with Crippen LogP contribution in [0.2, 0.25) is 0 Å². The monoisotopic (exact) mass is 468 g/mol. The molecule has 1 saturated heterocycles. The molecule has 7 heteroatoms. The number of piperidine rings is 1. The minimum absolute atomic E-state index is 0.330. The molecule has 1 aliphatic heterocycles. The van der Waals surface area contributed by atoms with Crippen LogP contribution in [0.3, 0.4) is 0 Å². The standard InChI is InChI=1S/C23H34N2O3.C4H6N2/c1-27-20-12-9-18(22(14-20)28-2)15-24(19-10-11-19)16-23(26)25-13-5-7-17-6-3-4-8-21(17)25;1-4-2-5-3-6-4/h9,12,14,17,19,21H,3-8,10-11,13,15-16H2,1-2H3;2-3H,1H3,(H,5,6)/t17?,21-;/m0./s1. The number of aryl methyl sites for hydroxylation is 1. The second-order valence-electron chi connectivity index (χ2n) is 9.89. The van der Waals surface area contributed by atoms with Crippen molar-refractivity contribution in [2.24, 2.45) is 5.92 Å². The molecule has 5 rings (SSSR count). The highest BCUT2D eigenvalue weighted by molar-refractivity contribution is 5.79. The first-order valence-corrected chi connectivity index (χ1v) is 12.8. The molecule has 2 atom stereocenters. The Bertz CT molecular complexity index is 911. The molecule has 7 nitrogen and oxygen atoms in total. The van der Waals surface area contributed by atoms with Crippen LogP contribution in [-0.4, -0.2) is 65.1 Å². The third kappa shape index (κ3) is 6.32. The van der Waals surface area contributed by atoms with Gasteiger partial charge in [0, 0.05) is 48.7 Å². The smallest absolute Gasteiger partial charge is 0.237 e. The first-order valence-electron chi connectivity index (χ1n) is 12.8. The van der Waals surface area contributed by atoms with Gasteiger partial charge in [-0.15, -0.1) is 0 Å². The van der Waals surface area contributed by atoms with Crippen LogP contribution in [0.5, 0.6) is 11.5 Å². The lowest BCUT2D eigenvalue weighted by atomic mass is 9.78. The number of hydrogen-bond acceptors (Lipinski definition) is 5. The Morgan fingerprint density at radius 3 is 2.56 bits per heavy atom. The highest BCUT2D eigenvalue weighted by Gasteiger charge is 2.38. The summed E-state index contributed by atoms with van der Waals surface area (Å²) in [7, 11) is 3.36. The number of aromatic nitrogens is 2. The van der Waals surface area contributed by atoms with E-state index in [0.717, 1.165) is 41.8 Å². The number of ether oxygens (including phenoxy) is 2. The number of nitrogens with zero attached hydrogens (tertiary/aromatic N) is 3. The number of benzene rings is 1. The zero-order valence-electron chi connectivity index (χ0n) is 21.0. The lowest BCUT2D eigenvalue weighted by Gasteiger charge is -2.44. The number of fused-ring (bicyclic) bond motifs is 1. The van der Waals surface area contributed by atoms with Crippen molar-refractivity contribution in [3.05, 3.63) is 42.0 Å². The van der Waals surface area contributed by atoms with Crippen LogP contribution < -0.4 is 9.47 Å². The number of likely N-dealkylation sites (tertiary alicyclic amines) is 1. The van der Waals surface area contributed by atoms with Crippen molar-refractivity contribution < 1.29 is 14.3 Å². The predicted molar refractivity (Wildman–Crippen MR) is 133 cm³/mol. The summed E-state index contributed by atoms with van der Waals surface area (Å²) in [5, 5.41) is 0. The van der Waals surface area contributed by atoms with Gasteiger partial charge in [-0.3, -0.25) is 9.69 Å². The van der Waals surface area contributed by atoms with Gasteiger partial charge in [0.05, 0.1) is 27.1 Å². The van der Waals surface area contributed by atoms with E-state index < -0.39 is 0 Å². The van der Waals surface area contributed by atoms with E-state index in [2.05, 4.69) is 25.8 Å². The summed E-state index contributed by atoms with van der Waals surface area (Å²) in [4.78, 5) is 24.5. The van der Waals surface area contributed by atoms with Crippen LogP contribution in [0, 0.1) is 12.8 Å². The topological polar surface area (TPSA) is 70.7 Å². The molecule has 1 unspecified atom stereocenters. The summed E-state index contributed by atoms with van der Waals surface area (Å²) in [6.45, 7) is 4.20. The highest BCUT2D eigenvalue weighted by atomic mass is 16.5. The van der Waals surface area contributed by atoms with Crippen molar-refractivity contribution in [3.8, 4) is 11.5 Å². The number of carbonyl (C=O) groups is 1. The normalized spacial score (nSPS) is 21.9. The Balaban J connectivity index is 0.000000398. The lowest BCUT2D eigenvalue weighted by molar-refractivity contribution is -0.139. The maximum absolute atomic E-state index is 13.3. The largest absolute Gasteiger partial charge is 0.497 e. The highest BCUT2D eigenvalue weighted by Crippen LogP contribution is 2.36. The zero-order valence-corrected chi connectivity index (χ0v) is 21.0. The minimum Gasteiger partial charge on any atom is -0.497 e. The van der Waals surface area contributed by atoms with Gasteiger partial charge in [0.1, 0.15) is 11.5 Å². The molecular weight excluding hydrogens is 428 g/mol. The number of methoxy groups -OCH3 is 2. The molecule has 1 aromatic heterocycles. The van der Waals surface area contributed by atoms with Gasteiger partial charge in [0.2, 0.25) is 5.91 Å². The second kappa shape index (κ2) is 11.7.